The number of nitrogens with one attached hydrogen (secondary N) is 2. The molecule has 0 bridgehead atoms. The molecule has 3 heterocycles. The summed E-state index contributed by atoms with van der Waals surface area (Å²) < 4.78 is 0. The maximum absolute atomic E-state index is 12.8. The molecule has 0 aromatic heterocycles. The normalized spacial score (nSPS) is 22.7. The largest absolute Gasteiger partial charge is 0.336 e. The van der Waals surface area contributed by atoms with Gasteiger partial charge in [-0.25, -0.2) is 0 Å². The Labute approximate surface area is 154 Å². The number of benzene rings is 1. The third-order valence-corrected chi connectivity index (χ3v) is 5.09. The van der Waals surface area contributed by atoms with Crippen LogP contribution < -0.4 is 10.6 Å². The van der Waals surface area contributed by atoms with Crippen molar-refractivity contribution in [1.29, 1.82) is 0 Å². The number of carbonyl (C=O) groups excluding carboxylic acids is 5. The Morgan fingerprint density at radius 2 is 1.70 bits per heavy atom. The summed E-state index contributed by atoms with van der Waals surface area (Å²) in [4.78, 5) is 64.1. The van der Waals surface area contributed by atoms with Crippen molar-refractivity contribution in [3.05, 3.63) is 34.9 Å². The predicted molar refractivity (Wildman–Crippen MR) is 91.9 cm³/mol. The van der Waals surface area contributed by atoms with Crippen LogP contribution in [0.25, 0.3) is 0 Å². The number of piperazine rings is 1. The number of hydrogen-bond acceptors (Lipinski definition) is 6. The topological polar surface area (TPSA) is 116 Å². The molecular formula is C18H18N4O5. The third-order valence-electron chi connectivity index (χ3n) is 5.09. The molecule has 0 saturated carbocycles. The number of nitrogens with zero attached hydrogens (tertiary/aromatic N) is 2. The van der Waals surface area contributed by atoms with Gasteiger partial charge in [-0.05, 0) is 24.6 Å². The van der Waals surface area contributed by atoms with Gasteiger partial charge in [-0.3, -0.25) is 34.2 Å². The smallest absolute Gasteiger partial charge is 0.262 e. The zero-order chi connectivity index (χ0) is 19.1. The second-order valence-corrected chi connectivity index (χ2v) is 6.75. The first kappa shape index (κ1) is 17.3. The number of amides is 5. The second kappa shape index (κ2) is 6.58. The van der Waals surface area contributed by atoms with Crippen LogP contribution in [0.5, 0.6) is 0 Å². The van der Waals surface area contributed by atoms with Crippen molar-refractivity contribution in [3.8, 4) is 0 Å². The summed E-state index contributed by atoms with van der Waals surface area (Å²) >= 11 is 0. The Bertz CT molecular complexity index is 875. The predicted octanol–water partition coefficient (Wildman–Crippen LogP) is -0.867. The lowest BCUT2D eigenvalue weighted by atomic mass is 10.0. The van der Waals surface area contributed by atoms with Gasteiger partial charge in [-0.2, -0.15) is 0 Å². The zero-order valence-corrected chi connectivity index (χ0v) is 14.5. The fourth-order valence-electron chi connectivity index (χ4n) is 3.65. The standard InChI is InChI=1S/C18H18N4O5/c23-14-4-3-13(15(24)20-14)22-17(26)11-2-1-10(9-12(11)18(22)27)16(25)21-7-5-19-6-8-21/h1-2,9,13,19H,3-8H2,(H,20,23,24). The van der Waals surface area contributed by atoms with E-state index in [4.69, 9.17) is 0 Å². The second-order valence-electron chi connectivity index (χ2n) is 6.75. The van der Waals surface area contributed by atoms with Crippen LogP contribution in [0, 0.1) is 0 Å². The molecule has 27 heavy (non-hydrogen) atoms. The summed E-state index contributed by atoms with van der Waals surface area (Å²) in [5, 5.41) is 5.32. The van der Waals surface area contributed by atoms with Crippen LogP contribution in [0.15, 0.2) is 18.2 Å². The van der Waals surface area contributed by atoms with E-state index >= 15 is 0 Å². The number of piperidine rings is 1. The molecule has 0 spiro atoms. The minimum absolute atomic E-state index is 0.0660. The Balaban J connectivity index is 1.61. The highest BCUT2D eigenvalue weighted by Crippen LogP contribution is 2.28. The number of hydrogen-bond donors (Lipinski definition) is 2. The molecule has 3 aliphatic rings. The van der Waals surface area contributed by atoms with Crippen LogP contribution in [0.4, 0.5) is 0 Å². The van der Waals surface area contributed by atoms with Crippen molar-refractivity contribution in [3.63, 3.8) is 0 Å². The molecule has 9 heteroatoms. The number of carbonyl (C=O) groups is 5. The summed E-state index contributed by atoms with van der Waals surface area (Å²) in [5.41, 5.74) is 0.620. The van der Waals surface area contributed by atoms with Crippen LogP contribution in [-0.2, 0) is 9.59 Å². The fourth-order valence-corrected chi connectivity index (χ4v) is 3.65. The number of imide groups is 2. The van der Waals surface area contributed by atoms with E-state index in [-0.39, 0.29) is 29.9 Å². The molecule has 1 aromatic rings. The van der Waals surface area contributed by atoms with E-state index < -0.39 is 29.7 Å². The van der Waals surface area contributed by atoms with E-state index in [1.165, 1.54) is 18.2 Å². The molecule has 4 rings (SSSR count). The number of fused-ring (bicyclic) bond motifs is 1. The molecule has 1 unspecified atom stereocenters. The molecule has 5 amide bonds. The highest BCUT2D eigenvalue weighted by atomic mass is 16.2. The van der Waals surface area contributed by atoms with Gasteiger partial charge in [0.1, 0.15) is 6.04 Å². The molecule has 2 fully saturated rings. The summed E-state index contributed by atoms with van der Waals surface area (Å²) in [6, 6.07) is 3.40. The molecule has 140 valence electrons. The summed E-state index contributed by atoms with van der Waals surface area (Å²) in [5.74, 6) is -2.46. The van der Waals surface area contributed by atoms with Gasteiger partial charge in [0.05, 0.1) is 11.1 Å². The monoisotopic (exact) mass is 370 g/mol. The molecule has 3 aliphatic heterocycles. The van der Waals surface area contributed by atoms with Gasteiger partial charge in [0.15, 0.2) is 0 Å². The first-order valence-corrected chi connectivity index (χ1v) is 8.83. The quantitative estimate of drug-likeness (QED) is 0.654. The van der Waals surface area contributed by atoms with Crippen LogP contribution in [-0.4, -0.2) is 71.6 Å². The molecular weight excluding hydrogens is 352 g/mol. The van der Waals surface area contributed by atoms with E-state index in [2.05, 4.69) is 10.6 Å². The van der Waals surface area contributed by atoms with E-state index in [1.54, 1.807) is 4.90 Å². The molecule has 9 nitrogen and oxygen atoms in total. The molecule has 0 aliphatic carbocycles. The van der Waals surface area contributed by atoms with Crippen molar-refractivity contribution in [2.75, 3.05) is 26.2 Å². The number of rotatable bonds is 2. The first-order chi connectivity index (χ1) is 13.0. The van der Waals surface area contributed by atoms with Gasteiger partial charge in [0.2, 0.25) is 11.8 Å². The van der Waals surface area contributed by atoms with Gasteiger partial charge in [0, 0.05) is 38.2 Å². The SMILES string of the molecule is O=C1CCC(N2C(=O)c3ccc(C(=O)N4CCNCC4)cc3C2=O)C(=O)N1. The Morgan fingerprint density at radius 1 is 1.00 bits per heavy atom. The van der Waals surface area contributed by atoms with E-state index in [0.717, 1.165) is 4.90 Å². The van der Waals surface area contributed by atoms with Crippen molar-refractivity contribution < 1.29 is 24.0 Å². The maximum atomic E-state index is 12.8. The zero-order valence-electron chi connectivity index (χ0n) is 14.5. The highest BCUT2D eigenvalue weighted by Gasteiger charge is 2.44. The minimum Gasteiger partial charge on any atom is -0.336 e. The molecule has 2 N–H and O–H groups in total. The molecule has 2 saturated heterocycles. The van der Waals surface area contributed by atoms with Crippen LogP contribution >= 0.6 is 0 Å². The Kier molecular flexibility index (Phi) is 4.23. The third kappa shape index (κ3) is 2.89. The molecule has 1 aromatic carbocycles. The van der Waals surface area contributed by atoms with Crippen LogP contribution in [0.2, 0.25) is 0 Å². The van der Waals surface area contributed by atoms with Crippen molar-refractivity contribution >= 4 is 29.5 Å². The van der Waals surface area contributed by atoms with Crippen molar-refractivity contribution in [2.45, 2.75) is 18.9 Å². The van der Waals surface area contributed by atoms with Gasteiger partial charge < -0.3 is 10.2 Å². The lowest BCUT2D eigenvalue weighted by Gasteiger charge is -2.27. The maximum Gasteiger partial charge on any atom is 0.262 e. The summed E-state index contributed by atoms with van der Waals surface area (Å²) in [7, 11) is 0. The Morgan fingerprint density at radius 3 is 2.41 bits per heavy atom. The van der Waals surface area contributed by atoms with Crippen molar-refractivity contribution in [2.24, 2.45) is 0 Å². The molecule has 1 atom stereocenters. The van der Waals surface area contributed by atoms with Gasteiger partial charge in [-0.1, -0.05) is 0 Å². The fraction of sp³-hybridized carbons (Fsp3) is 0.389. The van der Waals surface area contributed by atoms with E-state index in [9.17, 15) is 24.0 Å². The average Bonchev–Trinajstić information content (AvgIpc) is 2.92. The van der Waals surface area contributed by atoms with Gasteiger partial charge in [-0.15, -0.1) is 0 Å². The average molecular weight is 370 g/mol. The summed E-state index contributed by atoms with van der Waals surface area (Å²) in [6.07, 6.45) is 0.166. The lowest BCUT2D eigenvalue weighted by molar-refractivity contribution is -0.136. The van der Waals surface area contributed by atoms with Gasteiger partial charge in [0.25, 0.3) is 17.7 Å². The van der Waals surface area contributed by atoms with E-state index in [1.807, 2.05) is 0 Å². The van der Waals surface area contributed by atoms with E-state index in [0.29, 0.717) is 31.7 Å². The van der Waals surface area contributed by atoms with Crippen molar-refractivity contribution in [1.82, 2.24) is 20.4 Å². The summed E-state index contributed by atoms with van der Waals surface area (Å²) in [6.45, 7) is 2.56. The minimum atomic E-state index is -1.01. The lowest BCUT2D eigenvalue weighted by Crippen LogP contribution is -2.54. The highest BCUT2D eigenvalue weighted by molar-refractivity contribution is 6.24. The Hall–Kier alpha value is -3.07. The first-order valence-electron chi connectivity index (χ1n) is 8.83. The van der Waals surface area contributed by atoms with Crippen LogP contribution in [0.1, 0.15) is 43.9 Å². The van der Waals surface area contributed by atoms with Crippen LogP contribution in [0.3, 0.4) is 0 Å². The molecule has 0 radical (unpaired) electrons. The van der Waals surface area contributed by atoms with Gasteiger partial charge >= 0.3 is 0 Å².